The van der Waals surface area contributed by atoms with Gasteiger partial charge in [-0.3, -0.25) is 0 Å². The first kappa shape index (κ1) is 15.7. The molecule has 0 atom stereocenters. The van der Waals surface area contributed by atoms with E-state index in [1.807, 2.05) is 30.3 Å². The quantitative estimate of drug-likeness (QED) is 0.836. The fourth-order valence-electron chi connectivity index (χ4n) is 2.08. The number of para-hydroxylation sites is 1. The molecule has 0 aliphatic rings. The van der Waals surface area contributed by atoms with Crippen LogP contribution < -0.4 is 14.8 Å². The standard InChI is InChI=1S/C16H18BrNO3/c1-20-15-8-11(7-13(17)16(15)21-2)9-18-10-12-5-3-4-6-14(12)19/h3-8,18-19H,9-10H2,1-2H3. The summed E-state index contributed by atoms with van der Waals surface area (Å²) in [5, 5.41) is 13.0. The lowest BCUT2D eigenvalue weighted by Gasteiger charge is -2.12. The van der Waals surface area contributed by atoms with E-state index in [4.69, 9.17) is 9.47 Å². The van der Waals surface area contributed by atoms with Gasteiger partial charge in [-0.25, -0.2) is 0 Å². The number of benzene rings is 2. The predicted molar refractivity (Wildman–Crippen MR) is 85.9 cm³/mol. The van der Waals surface area contributed by atoms with Crippen LogP contribution >= 0.6 is 15.9 Å². The van der Waals surface area contributed by atoms with Crippen molar-refractivity contribution >= 4 is 15.9 Å². The molecule has 21 heavy (non-hydrogen) atoms. The van der Waals surface area contributed by atoms with Crippen LogP contribution in [0, 0.1) is 0 Å². The van der Waals surface area contributed by atoms with Gasteiger partial charge in [0.2, 0.25) is 0 Å². The van der Waals surface area contributed by atoms with Crippen LogP contribution in [-0.2, 0) is 13.1 Å². The average Bonchev–Trinajstić information content (AvgIpc) is 2.48. The average molecular weight is 352 g/mol. The maximum Gasteiger partial charge on any atom is 0.174 e. The Hall–Kier alpha value is -1.72. The van der Waals surface area contributed by atoms with Gasteiger partial charge in [-0.15, -0.1) is 0 Å². The normalized spacial score (nSPS) is 10.4. The molecule has 0 radical (unpaired) electrons. The van der Waals surface area contributed by atoms with Crippen LogP contribution in [0.15, 0.2) is 40.9 Å². The third-order valence-electron chi connectivity index (χ3n) is 3.13. The second-order valence-electron chi connectivity index (χ2n) is 4.55. The number of hydrogen-bond acceptors (Lipinski definition) is 4. The molecule has 2 aromatic rings. The molecule has 2 N–H and O–H groups in total. The summed E-state index contributed by atoms with van der Waals surface area (Å²) in [5.74, 6) is 1.67. The Labute approximate surface area is 132 Å². The molecular formula is C16H18BrNO3. The van der Waals surface area contributed by atoms with E-state index in [1.165, 1.54) is 0 Å². The Kier molecular flexibility index (Phi) is 5.47. The smallest absolute Gasteiger partial charge is 0.174 e. The lowest BCUT2D eigenvalue weighted by atomic mass is 10.1. The molecule has 0 amide bonds. The number of hydrogen-bond donors (Lipinski definition) is 2. The van der Waals surface area contributed by atoms with E-state index in [0.29, 0.717) is 30.3 Å². The molecule has 112 valence electrons. The maximum absolute atomic E-state index is 9.72. The Morgan fingerprint density at radius 3 is 2.52 bits per heavy atom. The van der Waals surface area contributed by atoms with E-state index in [2.05, 4.69) is 21.2 Å². The predicted octanol–water partition coefficient (Wildman–Crippen LogP) is 3.46. The van der Waals surface area contributed by atoms with Gasteiger partial charge in [0.25, 0.3) is 0 Å². The molecule has 0 aliphatic heterocycles. The fraction of sp³-hybridized carbons (Fsp3) is 0.250. The summed E-state index contributed by atoms with van der Waals surface area (Å²) in [7, 11) is 3.22. The van der Waals surface area contributed by atoms with Gasteiger partial charge in [-0.05, 0) is 39.7 Å². The number of aromatic hydroxyl groups is 1. The molecule has 0 aromatic heterocycles. The third kappa shape index (κ3) is 3.89. The first-order chi connectivity index (χ1) is 10.2. The zero-order valence-corrected chi connectivity index (χ0v) is 13.6. The minimum atomic E-state index is 0.304. The van der Waals surface area contributed by atoms with Crippen molar-refractivity contribution in [3.05, 3.63) is 52.0 Å². The van der Waals surface area contributed by atoms with Gasteiger partial charge < -0.3 is 19.9 Å². The molecule has 2 rings (SSSR count). The van der Waals surface area contributed by atoms with Gasteiger partial charge in [0.05, 0.1) is 18.7 Å². The summed E-state index contributed by atoms with van der Waals surface area (Å²) in [6.45, 7) is 1.26. The lowest BCUT2D eigenvalue weighted by molar-refractivity contribution is 0.352. The summed E-state index contributed by atoms with van der Waals surface area (Å²) in [4.78, 5) is 0. The molecule has 4 nitrogen and oxygen atoms in total. The summed E-state index contributed by atoms with van der Waals surface area (Å²) < 4.78 is 11.5. The van der Waals surface area contributed by atoms with E-state index in [-0.39, 0.29) is 0 Å². The molecule has 2 aromatic carbocycles. The van der Waals surface area contributed by atoms with Crippen LogP contribution in [0.1, 0.15) is 11.1 Å². The monoisotopic (exact) mass is 351 g/mol. The highest BCUT2D eigenvalue weighted by Gasteiger charge is 2.10. The van der Waals surface area contributed by atoms with Gasteiger partial charge in [-0.1, -0.05) is 18.2 Å². The van der Waals surface area contributed by atoms with Crippen LogP contribution in [0.5, 0.6) is 17.2 Å². The van der Waals surface area contributed by atoms with E-state index in [1.54, 1.807) is 20.3 Å². The van der Waals surface area contributed by atoms with E-state index >= 15 is 0 Å². The Morgan fingerprint density at radius 2 is 1.86 bits per heavy atom. The molecule has 0 aliphatic carbocycles. The van der Waals surface area contributed by atoms with E-state index < -0.39 is 0 Å². The van der Waals surface area contributed by atoms with Gasteiger partial charge in [-0.2, -0.15) is 0 Å². The number of nitrogens with one attached hydrogen (secondary N) is 1. The number of phenols is 1. The highest BCUT2D eigenvalue weighted by molar-refractivity contribution is 9.10. The number of halogens is 1. The molecule has 0 saturated heterocycles. The second-order valence-corrected chi connectivity index (χ2v) is 5.40. The lowest BCUT2D eigenvalue weighted by Crippen LogP contribution is -2.13. The summed E-state index contributed by atoms with van der Waals surface area (Å²) in [5.41, 5.74) is 1.94. The van der Waals surface area contributed by atoms with Crippen molar-refractivity contribution in [3.8, 4) is 17.2 Å². The van der Waals surface area contributed by atoms with Crippen molar-refractivity contribution in [2.24, 2.45) is 0 Å². The number of ether oxygens (including phenoxy) is 2. The zero-order valence-electron chi connectivity index (χ0n) is 12.0. The minimum absolute atomic E-state index is 0.304. The van der Waals surface area contributed by atoms with Crippen molar-refractivity contribution < 1.29 is 14.6 Å². The third-order valence-corrected chi connectivity index (χ3v) is 3.72. The van der Waals surface area contributed by atoms with Crippen molar-refractivity contribution in [1.29, 1.82) is 0 Å². The number of phenolic OH excluding ortho intramolecular Hbond substituents is 1. The molecule has 5 heteroatoms. The van der Waals surface area contributed by atoms with E-state index in [9.17, 15) is 5.11 Å². The largest absolute Gasteiger partial charge is 0.508 e. The highest BCUT2D eigenvalue weighted by atomic mass is 79.9. The fourth-order valence-corrected chi connectivity index (χ4v) is 2.73. The summed E-state index contributed by atoms with van der Waals surface area (Å²) in [6.07, 6.45) is 0. The SMILES string of the molecule is COc1cc(CNCc2ccccc2O)cc(Br)c1OC. The number of rotatable bonds is 6. The Bertz CT molecular complexity index is 616. The van der Waals surface area contributed by atoms with Gasteiger partial charge in [0.1, 0.15) is 5.75 Å². The van der Waals surface area contributed by atoms with E-state index in [0.717, 1.165) is 15.6 Å². The summed E-state index contributed by atoms with van der Waals surface area (Å²) in [6, 6.07) is 11.2. The Morgan fingerprint density at radius 1 is 1.10 bits per heavy atom. The zero-order chi connectivity index (χ0) is 15.2. The molecule has 0 saturated carbocycles. The first-order valence-electron chi connectivity index (χ1n) is 6.53. The van der Waals surface area contributed by atoms with Crippen molar-refractivity contribution in [2.75, 3.05) is 14.2 Å². The molecular weight excluding hydrogens is 334 g/mol. The molecule has 0 spiro atoms. The minimum Gasteiger partial charge on any atom is -0.508 e. The van der Waals surface area contributed by atoms with Gasteiger partial charge in [0.15, 0.2) is 11.5 Å². The topological polar surface area (TPSA) is 50.7 Å². The van der Waals surface area contributed by atoms with Crippen LogP contribution in [0.2, 0.25) is 0 Å². The van der Waals surface area contributed by atoms with Crippen LogP contribution in [0.4, 0.5) is 0 Å². The van der Waals surface area contributed by atoms with Crippen molar-refractivity contribution in [1.82, 2.24) is 5.32 Å². The highest BCUT2D eigenvalue weighted by Crippen LogP contribution is 2.36. The second kappa shape index (κ2) is 7.33. The summed E-state index contributed by atoms with van der Waals surface area (Å²) >= 11 is 3.47. The first-order valence-corrected chi connectivity index (χ1v) is 7.33. The molecule has 0 bridgehead atoms. The van der Waals surface area contributed by atoms with Crippen molar-refractivity contribution in [2.45, 2.75) is 13.1 Å². The maximum atomic E-state index is 9.72. The molecule has 0 fully saturated rings. The molecule has 0 unspecified atom stereocenters. The Balaban J connectivity index is 2.04. The number of methoxy groups -OCH3 is 2. The van der Waals surface area contributed by atoms with Gasteiger partial charge in [0, 0.05) is 18.7 Å². The van der Waals surface area contributed by atoms with Crippen molar-refractivity contribution in [3.63, 3.8) is 0 Å². The van der Waals surface area contributed by atoms with Crippen LogP contribution in [0.3, 0.4) is 0 Å². The molecule has 0 heterocycles. The van der Waals surface area contributed by atoms with Gasteiger partial charge >= 0.3 is 0 Å². The van der Waals surface area contributed by atoms with Crippen LogP contribution in [0.25, 0.3) is 0 Å². The van der Waals surface area contributed by atoms with Crippen LogP contribution in [-0.4, -0.2) is 19.3 Å².